The van der Waals surface area contributed by atoms with Crippen molar-refractivity contribution in [2.75, 3.05) is 25.6 Å². The highest BCUT2D eigenvalue weighted by Gasteiger charge is 2.16. The number of hydrogen-bond donors (Lipinski definition) is 2. The second kappa shape index (κ2) is 7.05. The number of hydrogen-bond acceptors (Lipinski definition) is 6. The molecule has 102 valence electrons. The summed E-state index contributed by atoms with van der Waals surface area (Å²) in [7, 11) is -3.39. The molecular formula is C9H12ClNO5S2. The Kier molecular flexibility index (Phi) is 6.03. The largest absolute Gasteiger partial charge is 0.480 e. The van der Waals surface area contributed by atoms with Gasteiger partial charge in [0.1, 0.15) is 16.7 Å². The summed E-state index contributed by atoms with van der Waals surface area (Å²) in [5.41, 5.74) is 0. The first kappa shape index (κ1) is 15.4. The number of nitrogens with one attached hydrogen (secondary N) is 1. The van der Waals surface area contributed by atoms with Crippen LogP contribution in [0, 0.1) is 0 Å². The van der Waals surface area contributed by atoms with Crippen molar-refractivity contribution in [2.45, 2.75) is 4.21 Å². The average Bonchev–Trinajstić information content (AvgIpc) is 2.70. The zero-order chi connectivity index (χ0) is 13.6. The van der Waals surface area contributed by atoms with Crippen LogP contribution >= 0.6 is 22.9 Å². The molecule has 0 amide bonds. The molecule has 0 fully saturated rings. The summed E-state index contributed by atoms with van der Waals surface area (Å²) in [6, 6.07) is 2.97. The van der Waals surface area contributed by atoms with Crippen molar-refractivity contribution < 1.29 is 23.1 Å². The summed E-state index contributed by atoms with van der Waals surface area (Å²) in [6.45, 7) is -0.00635. The van der Waals surface area contributed by atoms with Crippen LogP contribution in [0.15, 0.2) is 16.3 Å². The predicted molar refractivity (Wildman–Crippen MR) is 67.8 cm³/mol. The van der Waals surface area contributed by atoms with Gasteiger partial charge in [-0.15, -0.1) is 11.3 Å². The lowest BCUT2D eigenvalue weighted by Crippen LogP contribution is -2.27. The van der Waals surface area contributed by atoms with Crippen molar-refractivity contribution >= 4 is 38.7 Å². The third kappa shape index (κ3) is 5.32. The lowest BCUT2D eigenvalue weighted by Gasteiger charge is -2.04. The summed E-state index contributed by atoms with van der Waals surface area (Å²) in [5, 5.41) is 11.0. The maximum absolute atomic E-state index is 11.7. The van der Waals surface area contributed by atoms with Crippen LogP contribution in [0.4, 0.5) is 0 Å². The fourth-order valence-corrected chi connectivity index (χ4v) is 3.74. The topological polar surface area (TPSA) is 92.7 Å². The maximum atomic E-state index is 11.7. The van der Waals surface area contributed by atoms with Crippen molar-refractivity contribution in [3.63, 3.8) is 0 Å². The lowest BCUT2D eigenvalue weighted by atomic mass is 10.7. The molecule has 0 unspecified atom stereocenters. The standard InChI is InChI=1S/C9H12ClNO5S2/c10-7-1-2-9(17-7)18(14,15)6-11-3-4-16-5-8(12)13/h1-2,11H,3-6H2,(H,12,13). The van der Waals surface area contributed by atoms with E-state index in [0.717, 1.165) is 11.3 Å². The lowest BCUT2D eigenvalue weighted by molar-refractivity contribution is -0.142. The molecule has 1 aromatic rings. The normalized spacial score (nSPS) is 11.6. The van der Waals surface area contributed by atoms with E-state index >= 15 is 0 Å². The Morgan fingerprint density at radius 1 is 1.50 bits per heavy atom. The average molecular weight is 314 g/mol. The van der Waals surface area contributed by atoms with E-state index in [0.29, 0.717) is 4.34 Å². The van der Waals surface area contributed by atoms with Gasteiger partial charge in [-0.1, -0.05) is 11.6 Å². The number of ether oxygens (including phenoxy) is 1. The number of aliphatic carboxylic acids is 1. The van der Waals surface area contributed by atoms with Gasteiger partial charge >= 0.3 is 5.97 Å². The second-order valence-corrected chi connectivity index (χ2v) is 7.20. The molecule has 0 aliphatic heterocycles. The van der Waals surface area contributed by atoms with Gasteiger partial charge in [0.05, 0.1) is 10.9 Å². The van der Waals surface area contributed by atoms with E-state index in [2.05, 4.69) is 5.32 Å². The summed E-state index contributed by atoms with van der Waals surface area (Å²) < 4.78 is 28.8. The molecule has 0 bridgehead atoms. The monoisotopic (exact) mass is 313 g/mol. The van der Waals surface area contributed by atoms with Crippen LogP contribution in [-0.4, -0.2) is 45.1 Å². The first-order valence-corrected chi connectivity index (χ1v) is 7.75. The van der Waals surface area contributed by atoms with E-state index in [-0.39, 0.29) is 23.2 Å². The summed E-state index contributed by atoms with van der Waals surface area (Å²) in [6.07, 6.45) is 0. The Hall–Kier alpha value is -0.670. The first-order chi connectivity index (χ1) is 8.42. The van der Waals surface area contributed by atoms with Crippen molar-refractivity contribution in [1.29, 1.82) is 0 Å². The van der Waals surface area contributed by atoms with Gasteiger partial charge in [-0.3, -0.25) is 0 Å². The predicted octanol–water partition coefficient (Wildman–Crippen LogP) is 0.824. The van der Waals surface area contributed by atoms with Gasteiger partial charge < -0.3 is 15.2 Å². The number of carboxylic acids is 1. The third-order valence-electron chi connectivity index (χ3n) is 1.80. The summed E-state index contributed by atoms with van der Waals surface area (Å²) >= 11 is 6.65. The number of thiophene rings is 1. The molecule has 0 saturated carbocycles. The molecule has 1 aromatic heterocycles. The molecule has 0 spiro atoms. The quantitative estimate of drug-likeness (QED) is 0.690. The number of halogens is 1. The number of carboxylic acid groups (broad SMARTS) is 1. The fraction of sp³-hybridized carbons (Fsp3) is 0.444. The van der Waals surface area contributed by atoms with Crippen LogP contribution < -0.4 is 5.32 Å². The highest BCUT2D eigenvalue weighted by Crippen LogP contribution is 2.25. The van der Waals surface area contributed by atoms with Crippen molar-refractivity contribution in [3.8, 4) is 0 Å². The van der Waals surface area contributed by atoms with Crippen LogP contribution in [0.1, 0.15) is 0 Å². The Labute approximate surface area is 113 Å². The molecule has 0 saturated heterocycles. The van der Waals surface area contributed by atoms with Gasteiger partial charge in [0, 0.05) is 6.54 Å². The molecule has 18 heavy (non-hydrogen) atoms. The minimum absolute atomic E-state index is 0.132. The molecule has 0 atom stereocenters. The smallest absolute Gasteiger partial charge is 0.329 e. The minimum Gasteiger partial charge on any atom is -0.480 e. The Morgan fingerprint density at radius 2 is 2.22 bits per heavy atom. The second-order valence-electron chi connectivity index (χ2n) is 3.26. The molecule has 0 aliphatic carbocycles. The molecule has 1 rings (SSSR count). The zero-order valence-electron chi connectivity index (χ0n) is 9.26. The van der Waals surface area contributed by atoms with E-state index < -0.39 is 22.4 Å². The first-order valence-electron chi connectivity index (χ1n) is 4.90. The van der Waals surface area contributed by atoms with E-state index in [1.807, 2.05) is 0 Å². The number of carbonyl (C=O) groups is 1. The summed E-state index contributed by atoms with van der Waals surface area (Å²) in [5.74, 6) is -1.30. The molecule has 2 N–H and O–H groups in total. The highest BCUT2D eigenvalue weighted by molar-refractivity contribution is 7.93. The molecule has 9 heteroatoms. The van der Waals surface area contributed by atoms with E-state index in [1.165, 1.54) is 12.1 Å². The highest BCUT2D eigenvalue weighted by atomic mass is 35.5. The van der Waals surface area contributed by atoms with E-state index in [4.69, 9.17) is 21.4 Å². The Balaban J connectivity index is 2.28. The Bertz CT molecular complexity index is 499. The minimum atomic E-state index is -3.39. The molecule has 0 radical (unpaired) electrons. The fourth-order valence-electron chi connectivity index (χ4n) is 1.05. The molecular weight excluding hydrogens is 302 g/mol. The van der Waals surface area contributed by atoms with Gasteiger partial charge in [-0.25, -0.2) is 13.2 Å². The Morgan fingerprint density at radius 3 is 2.78 bits per heavy atom. The van der Waals surface area contributed by atoms with Crippen LogP contribution in [0.3, 0.4) is 0 Å². The van der Waals surface area contributed by atoms with Crippen LogP contribution in [0.5, 0.6) is 0 Å². The van der Waals surface area contributed by atoms with Crippen molar-refractivity contribution in [2.24, 2.45) is 0 Å². The van der Waals surface area contributed by atoms with Crippen molar-refractivity contribution in [3.05, 3.63) is 16.5 Å². The zero-order valence-corrected chi connectivity index (χ0v) is 11.6. The molecule has 6 nitrogen and oxygen atoms in total. The number of sulfone groups is 1. The molecule has 1 heterocycles. The van der Waals surface area contributed by atoms with Gasteiger partial charge in [-0.05, 0) is 12.1 Å². The summed E-state index contributed by atoms with van der Waals surface area (Å²) in [4.78, 5) is 10.1. The number of rotatable bonds is 8. The van der Waals surface area contributed by atoms with E-state index in [1.54, 1.807) is 0 Å². The molecule has 0 aromatic carbocycles. The maximum Gasteiger partial charge on any atom is 0.329 e. The van der Waals surface area contributed by atoms with Crippen LogP contribution in [-0.2, 0) is 19.4 Å². The van der Waals surface area contributed by atoms with Crippen LogP contribution in [0.25, 0.3) is 0 Å². The van der Waals surface area contributed by atoms with Gasteiger partial charge in [-0.2, -0.15) is 0 Å². The van der Waals surface area contributed by atoms with E-state index in [9.17, 15) is 13.2 Å². The van der Waals surface area contributed by atoms with Crippen LogP contribution in [0.2, 0.25) is 4.34 Å². The van der Waals surface area contributed by atoms with Crippen molar-refractivity contribution in [1.82, 2.24) is 5.32 Å². The molecule has 0 aliphatic rings. The van der Waals surface area contributed by atoms with Gasteiger partial charge in [0.15, 0.2) is 0 Å². The van der Waals surface area contributed by atoms with Gasteiger partial charge in [0.25, 0.3) is 0 Å². The van der Waals surface area contributed by atoms with Gasteiger partial charge in [0.2, 0.25) is 9.84 Å². The third-order valence-corrected chi connectivity index (χ3v) is 5.17. The SMILES string of the molecule is O=C(O)COCCNCS(=O)(=O)c1ccc(Cl)s1.